The second-order valence-electron chi connectivity index (χ2n) is 5.45. The fourth-order valence-electron chi connectivity index (χ4n) is 2.46. The Balaban J connectivity index is 1.85. The van der Waals surface area contributed by atoms with Crippen molar-refractivity contribution in [1.82, 2.24) is 9.97 Å². The van der Waals surface area contributed by atoms with Crippen LogP contribution in [0, 0.1) is 0 Å². The van der Waals surface area contributed by atoms with E-state index in [2.05, 4.69) is 9.97 Å². The molecule has 6 nitrogen and oxygen atoms in total. The first kappa shape index (κ1) is 15.6. The van der Waals surface area contributed by atoms with Crippen LogP contribution >= 0.6 is 0 Å². The molecule has 7 heteroatoms. The molecule has 0 fully saturated rings. The fourth-order valence-corrected chi connectivity index (χ4v) is 2.95. The second kappa shape index (κ2) is 6.10. The number of hydrogen-bond donors (Lipinski definition) is 1. The average molecular weight is 331 g/mol. The van der Waals surface area contributed by atoms with Crippen molar-refractivity contribution in [3.63, 3.8) is 0 Å². The molecule has 0 aliphatic carbocycles. The van der Waals surface area contributed by atoms with E-state index < -0.39 is 10.1 Å². The molecule has 0 saturated heterocycles. The van der Waals surface area contributed by atoms with Crippen LogP contribution in [0.25, 0.3) is 22.1 Å². The van der Waals surface area contributed by atoms with Gasteiger partial charge in [0.05, 0.1) is 27.8 Å². The summed E-state index contributed by atoms with van der Waals surface area (Å²) in [5, 5.41) is 0. The van der Waals surface area contributed by atoms with Crippen LogP contribution in [0.5, 0.6) is 0 Å². The number of fused-ring (bicyclic) bond motifs is 2. The van der Waals surface area contributed by atoms with Gasteiger partial charge < -0.3 is 4.90 Å². The summed E-state index contributed by atoms with van der Waals surface area (Å²) in [7, 11) is -2.04. The molecule has 0 spiro atoms. The lowest BCUT2D eigenvalue weighted by molar-refractivity contribution is 0.481. The first-order valence-corrected chi connectivity index (χ1v) is 8.86. The predicted octanol–water partition coefficient (Wildman–Crippen LogP) is 2.50. The molecular weight excluding hydrogens is 314 g/mol. The minimum atomic E-state index is -3.91. The number of rotatable bonds is 5. The highest BCUT2D eigenvalue weighted by atomic mass is 32.2. The van der Waals surface area contributed by atoms with Crippen LogP contribution in [-0.2, 0) is 10.1 Å². The molecule has 0 amide bonds. The SMILES string of the molecule is CN(CCCS(=O)(=O)O)c1ccc2nc3ccccc3nc2c1. The van der Waals surface area contributed by atoms with E-state index in [9.17, 15) is 8.42 Å². The van der Waals surface area contributed by atoms with Crippen LogP contribution in [-0.4, -0.2) is 42.3 Å². The largest absolute Gasteiger partial charge is 0.374 e. The standard InChI is InChI=1S/C16H17N3O3S/c1-19(9-4-10-23(20,21)22)12-7-8-15-16(11-12)18-14-6-3-2-5-13(14)17-15/h2-3,5-8,11H,4,9-10H2,1H3,(H,20,21,22). The number of anilines is 1. The third kappa shape index (κ3) is 3.75. The molecule has 0 bridgehead atoms. The normalized spacial score (nSPS) is 11.9. The van der Waals surface area contributed by atoms with Gasteiger partial charge >= 0.3 is 0 Å². The van der Waals surface area contributed by atoms with E-state index >= 15 is 0 Å². The van der Waals surface area contributed by atoms with E-state index in [1.165, 1.54) is 0 Å². The highest BCUT2D eigenvalue weighted by Crippen LogP contribution is 2.21. The minimum Gasteiger partial charge on any atom is -0.374 e. The van der Waals surface area contributed by atoms with E-state index in [-0.39, 0.29) is 5.75 Å². The van der Waals surface area contributed by atoms with E-state index in [1.54, 1.807) is 0 Å². The number of para-hydroxylation sites is 2. The van der Waals surface area contributed by atoms with E-state index in [1.807, 2.05) is 54.4 Å². The van der Waals surface area contributed by atoms with Crippen molar-refractivity contribution in [2.75, 3.05) is 24.2 Å². The molecule has 3 aromatic rings. The molecular formula is C16H17N3O3S. The maximum absolute atomic E-state index is 10.8. The first-order valence-electron chi connectivity index (χ1n) is 7.25. The van der Waals surface area contributed by atoms with Crippen molar-refractivity contribution >= 4 is 37.9 Å². The quantitative estimate of drug-likeness (QED) is 0.571. The maximum Gasteiger partial charge on any atom is 0.264 e. The van der Waals surface area contributed by atoms with Crippen LogP contribution in [0.15, 0.2) is 42.5 Å². The Morgan fingerprint density at radius 3 is 2.26 bits per heavy atom. The van der Waals surface area contributed by atoms with Crippen LogP contribution in [0.3, 0.4) is 0 Å². The van der Waals surface area contributed by atoms with Crippen LogP contribution in [0.1, 0.15) is 6.42 Å². The Bertz CT molecular complexity index is 957. The summed E-state index contributed by atoms with van der Waals surface area (Å²) in [6.07, 6.45) is 0.358. The van der Waals surface area contributed by atoms with Crippen LogP contribution in [0.4, 0.5) is 5.69 Å². The molecule has 1 aromatic heterocycles. The molecule has 2 aromatic carbocycles. The van der Waals surface area contributed by atoms with Gasteiger partial charge in [0.15, 0.2) is 0 Å². The number of hydrogen-bond acceptors (Lipinski definition) is 5. The minimum absolute atomic E-state index is 0.241. The molecule has 1 heterocycles. The molecule has 0 aliphatic rings. The van der Waals surface area contributed by atoms with Crippen molar-refractivity contribution in [3.05, 3.63) is 42.5 Å². The Hall–Kier alpha value is -2.25. The van der Waals surface area contributed by atoms with Crippen molar-refractivity contribution in [2.24, 2.45) is 0 Å². The van der Waals surface area contributed by atoms with Gasteiger partial charge in [0.2, 0.25) is 0 Å². The van der Waals surface area contributed by atoms with Crippen molar-refractivity contribution in [1.29, 1.82) is 0 Å². The molecule has 0 saturated carbocycles. The molecule has 0 radical (unpaired) electrons. The molecule has 1 N–H and O–H groups in total. The Labute approximate surface area is 134 Å². The zero-order valence-electron chi connectivity index (χ0n) is 12.7. The molecule has 120 valence electrons. The Morgan fingerprint density at radius 2 is 1.61 bits per heavy atom. The van der Waals surface area contributed by atoms with Crippen molar-refractivity contribution < 1.29 is 13.0 Å². The average Bonchev–Trinajstić information content (AvgIpc) is 2.51. The second-order valence-corrected chi connectivity index (χ2v) is 7.02. The van der Waals surface area contributed by atoms with Gasteiger partial charge in [-0.25, -0.2) is 9.97 Å². The summed E-state index contributed by atoms with van der Waals surface area (Å²) in [6.45, 7) is 0.520. The molecule has 3 rings (SSSR count). The number of nitrogens with zero attached hydrogens (tertiary/aromatic N) is 3. The zero-order chi connectivity index (χ0) is 16.4. The highest BCUT2D eigenvalue weighted by molar-refractivity contribution is 7.85. The van der Waals surface area contributed by atoms with Gasteiger partial charge in [-0.3, -0.25) is 4.55 Å². The summed E-state index contributed by atoms with van der Waals surface area (Å²) in [6, 6.07) is 13.5. The smallest absolute Gasteiger partial charge is 0.264 e. The predicted molar refractivity (Wildman–Crippen MR) is 91.3 cm³/mol. The molecule has 0 atom stereocenters. The summed E-state index contributed by atoms with van der Waals surface area (Å²) in [5.41, 5.74) is 4.24. The summed E-state index contributed by atoms with van der Waals surface area (Å²) in [4.78, 5) is 11.1. The highest BCUT2D eigenvalue weighted by Gasteiger charge is 2.08. The lowest BCUT2D eigenvalue weighted by atomic mass is 10.2. The lowest BCUT2D eigenvalue weighted by Gasteiger charge is -2.19. The van der Waals surface area contributed by atoms with E-state index in [0.717, 1.165) is 27.8 Å². The molecule has 23 heavy (non-hydrogen) atoms. The topological polar surface area (TPSA) is 83.4 Å². The van der Waals surface area contributed by atoms with Gasteiger partial charge in [-0.05, 0) is 36.8 Å². The van der Waals surface area contributed by atoms with Crippen LogP contribution in [0.2, 0.25) is 0 Å². The van der Waals surface area contributed by atoms with E-state index in [0.29, 0.717) is 13.0 Å². The Morgan fingerprint density at radius 1 is 1.00 bits per heavy atom. The van der Waals surface area contributed by atoms with Gasteiger partial charge in [-0.1, -0.05) is 12.1 Å². The number of benzene rings is 2. The third-order valence-electron chi connectivity index (χ3n) is 3.66. The van der Waals surface area contributed by atoms with Crippen LogP contribution < -0.4 is 4.90 Å². The summed E-state index contributed by atoms with van der Waals surface area (Å²) < 4.78 is 30.3. The van der Waals surface area contributed by atoms with E-state index in [4.69, 9.17) is 4.55 Å². The third-order valence-corrected chi connectivity index (χ3v) is 4.46. The first-order chi connectivity index (χ1) is 10.9. The van der Waals surface area contributed by atoms with Gasteiger partial charge in [0, 0.05) is 19.3 Å². The van der Waals surface area contributed by atoms with Gasteiger partial charge in [0.25, 0.3) is 10.1 Å². The fraction of sp³-hybridized carbons (Fsp3) is 0.250. The molecule has 0 unspecified atom stereocenters. The monoisotopic (exact) mass is 331 g/mol. The maximum atomic E-state index is 10.8. The lowest BCUT2D eigenvalue weighted by Crippen LogP contribution is -2.21. The number of aromatic nitrogens is 2. The Kier molecular flexibility index (Phi) is 4.14. The summed E-state index contributed by atoms with van der Waals surface area (Å²) in [5.74, 6) is -0.241. The van der Waals surface area contributed by atoms with Gasteiger partial charge in [0.1, 0.15) is 0 Å². The van der Waals surface area contributed by atoms with Crippen molar-refractivity contribution in [2.45, 2.75) is 6.42 Å². The van der Waals surface area contributed by atoms with Crippen molar-refractivity contribution in [3.8, 4) is 0 Å². The summed E-state index contributed by atoms with van der Waals surface area (Å²) >= 11 is 0. The van der Waals surface area contributed by atoms with Gasteiger partial charge in [-0.2, -0.15) is 8.42 Å². The van der Waals surface area contributed by atoms with Gasteiger partial charge in [-0.15, -0.1) is 0 Å². The zero-order valence-corrected chi connectivity index (χ0v) is 13.5. The molecule has 0 aliphatic heterocycles.